The molecule has 2 aromatic carbocycles. The summed E-state index contributed by atoms with van der Waals surface area (Å²) in [4.78, 5) is 25.8. The highest BCUT2D eigenvalue weighted by Gasteiger charge is 2.55. The summed E-state index contributed by atoms with van der Waals surface area (Å²) in [6, 6.07) is 12.0. The van der Waals surface area contributed by atoms with Crippen molar-refractivity contribution in [1.29, 1.82) is 0 Å². The summed E-state index contributed by atoms with van der Waals surface area (Å²) in [5.74, 6) is 3.16. The Hall–Kier alpha value is -2.36. The molecule has 4 saturated carbocycles. The average Bonchev–Trinajstić information content (AvgIpc) is 3.67. The lowest BCUT2D eigenvalue weighted by Crippen LogP contribution is -2.17. The van der Waals surface area contributed by atoms with E-state index in [1.807, 2.05) is 36.4 Å². The van der Waals surface area contributed by atoms with Gasteiger partial charge >= 0.3 is 0 Å². The highest BCUT2D eigenvalue weighted by Crippen LogP contribution is 2.56. The third-order valence-corrected chi connectivity index (χ3v) is 8.36. The van der Waals surface area contributed by atoms with E-state index in [9.17, 15) is 9.59 Å². The molecule has 30 heavy (non-hydrogen) atoms. The summed E-state index contributed by atoms with van der Waals surface area (Å²) >= 11 is 0. The SMILES string of the molecule is O=C(Nc1cccc2c(NC(=O)C3C4CCCCC43)cccc12)C1C2CCCCC21. The molecular weight excluding hydrogens is 372 g/mol. The van der Waals surface area contributed by atoms with Crippen molar-refractivity contribution >= 4 is 34.0 Å². The van der Waals surface area contributed by atoms with Crippen molar-refractivity contribution in [2.75, 3.05) is 10.6 Å². The second-order valence-electron chi connectivity index (χ2n) is 9.96. The second-order valence-corrected chi connectivity index (χ2v) is 9.96. The topological polar surface area (TPSA) is 58.2 Å². The van der Waals surface area contributed by atoms with Crippen LogP contribution < -0.4 is 10.6 Å². The molecule has 0 heterocycles. The number of nitrogens with one attached hydrogen (secondary N) is 2. The zero-order valence-corrected chi connectivity index (χ0v) is 17.4. The van der Waals surface area contributed by atoms with E-state index in [1.165, 1.54) is 51.4 Å². The lowest BCUT2D eigenvalue weighted by molar-refractivity contribution is -0.118. The number of rotatable bonds is 4. The van der Waals surface area contributed by atoms with E-state index < -0.39 is 0 Å². The van der Waals surface area contributed by atoms with E-state index >= 15 is 0 Å². The molecule has 4 atom stereocenters. The Kier molecular flexibility index (Phi) is 4.36. The number of fused-ring (bicyclic) bond motifs is 3. The van der Waals surface area contributed by atoms with Crippen LogP contribution in [0.3, 0.4) is 0 Å². The Morgan fingerprint density at radius 3 is 1.33 bits per heavy atom. The van der Waals surface area contributed by atoms with Crippen LogP contribution in [0.4, 0.5) is 11.4 Å². The van der Waals surface area contributed by atoms with Gasteiger partial charge in [-0.1, -0.05) is 49.9 Å². The van der Waals surface area contributed by atoms with Gasteiger partial charge in [0.1, 0.15) is 0 Å². The van der Waals surface area contributed by atoms with Gasteiger partial charge in [0.2, 0.25) is 11.8 Å². The summed E-state index contributed by atoms with van der Waals surface area (Å²) in [5, 5.41) is 8.42. The Bertz CT molecular complexity index is 910. The molecule has 0 spiro atoms. The first kappa shape index (κ1) is 18.4. The summed E-state index contributed by atoms with van der Waals surface area (Å²) in [6.07, 6.45) is 9.90. The monoisotopic (exact) mass is 402 g/mol. The highest BCUT2D eigenvalue weighted by atomic mass is 16.2. The molecule has 0 aliphatic heterocycles. The Morgan fingerprint density at radius 2 is 0.967 bits per heavy atom. The zero-order valence-electron chi connectivity index (χ0n) is 17.4. The molecule has 4 unspecified atom stereocenters. The van der Waals surface area contributed by atoms with Crippen LogP contribution in [0.5, 0.6) is 0 Å². The van der Waals surface area contributed by atoms with Gasteiger partial charge in [-0.2, -0.15) is 0 Å². The van der Waals surface area contributed by atoms with Gasteiger partial charge in [-0.05, 0) is 61.5 Å². The number of hydrogen-bond acceptors (Lipinski definition) is 2. The third kappa shape index (κ3) is 3.03. The van der Waals surface area contributed by atoms with Crippen molar-refractivity contribution in [3.05, 3.63) is 36.4 Å². The number of anilines is 2. The van der Waals surface area contributed by atoms with Gasteiger partial charge in [-0.15, -0.1) is 0 Å². The first-order valence-corrected chi connectivity index (χ1v) is 11.9. The third-order valence-electron chi connectivity index (χ3n) is 8.36. The molecule has 2 amide bonds. The minimum atomic E-state index is 0.177. The van der Waals surface area contributed by atoms with E-state index in [4.69, 9.17) is 0 Å². The predicted octanol–water partition coefficient (Wildman–Crippen LogP) is 5.59. The molecular formula is C26H30N2O2. The van der Waals surface area contributed by atoms with Gasteiger partial charge in [0.15, 0.2) is 0 Å². The van der Waals surface area contributed by atoms with Crippen LogP contribution in [0.2, 0.25) is 0 Å². The van der Waals surface area contributed by atoms with Gasteiger partial charge in [0.05, 0.1) is 0 Å². The first-order chi connectivity index (χ1) is 14.7. The number of benzene rings is 2. The number of carbonyl (C=O) groups excluding carboxylic acids is 2. The minimum Gasteiger partial charge on any atom is -0.325 e. The van der Waals surface area contributed by atoms with E-state index in [0.717, 1.165) is 22.1 Å². The summed E-state index contributed by atoms with van der Waals surface area (Å²) in [6.45, 7) is 0. The van der Waals surface area contributed by atoms with E-state index in [1.54, 1.807) is 0 Å². The Morgan fingerprint density at radius 1 is 0.600 bits per heavy atom. The van der Waals surface area contributed by atoms with Gasteiger partial charge < -0.3 is 10.6 Å². The fraction of sp³-hybridized carbons (Fsp3) is 0.538. The van der Waals surface area contributed by atoms with E-state index in [-0.39, 0.29) is 23.7 Å². The van der Waals surface area contributed by atoms with Crippen LogP contribution in [-0.4, -0.2) is 11.8 Å². The summed E-state index contributed by atoms with van der Waals surface area (Å²) < 4.78 is 0. The lowest BCUT2D eigenvalue weighted by atomic mass is 10.0. The second kappa shape index (κ2) is 7.11. The maximum Gasteiger partial charge on any atom is 0.228 e. The van der Waals surface area contributed by atoms with Crippen LogP contribution in [0, 0.1) is 35.5 Å². The molecule has 156 valence electrons. The van der Waals surface area contributed by atoms with Crippen LogP contribution in [-0.2, 0) is 9.59 Å². The molecule has 0 aromatic heterocycles. The molecule has 0 saturated heterocycles. The van der Waals surface area contributed by atoms with Gasteiger partial charge in [0.25, 0.3) is 0 Å². The van der Waals surface area contributed by atoms with Crippen LogP contribution in [0.1, 0.15) is 51.4 Å². The number of carbonyl (C=O) groups is 2. The normalized spacial score (nSPS) is 33.9. The summed E-state index contributed by atoms with van der Waals surface area (Å²) in [7, 11) is 0. The average molecular weight is 403 g/mol. The van der Waals surface area contributed by atoms with Crippen molar-refractivity contribution in [1.82, 2.24) is 0 Å². The number of amides is 2. The molecule has 4 nitrogen and oxygen atoms in total. The van der Waals surface area contributed by atoms with Crippen molar-refractivity contribution in [3.8, 4) is 0 Å². The molecule has 4 aliphatic rings. The molecule has 0 radical (unpaired) electrons. The summed E-state index contributed by atoms with van der Waals surface area (Å²) in [5.41, 5.74) is 1.72. The van der Waals surface area contributed by atoms with E-state index in [2.05, 4.69) is 10.6 Å². The predicted molar refractivity (Wildman–Crippen MR) is 119 cm³/mol. The molecule has 4 fully saturated rings. The maximum absolute atomic E-state index is 12.9. The molecule has 4 heteroatoms. The molecule has 4 aliphatic carbocycles. The quantitative estimate of drug-likeness (QED) is 0.700. The fourth-order valence-corrected chi connectivity index (χ4v) is 6.72. The molecule has 6 rings (SSSR count). The van der Waals surface area contributed by atoms with Gasteiger partial charge in [-0.25, -0.2) is 0 Å². The number of hydrogen-bond donors (Lipinski definition) is 2. The first-order valence-electron chi connectivity index (χ1n) is 11.9. The lowest BCUT2D eigenvalue weighted by Gasteiger charge is -2.13. The van der Waals surface area contributed by atoms with Crippen LogP contribution >= 0.6 is 0 Å². The van der Waals surface area contributed by atoms with Crippen LogP contribution in [0.25, 0.3) is 10.8 Å². The van der Waals surface area contributed by atoms with Crippen molar-refractivity contribution in [2.45, 2.75) is 51.4 Å². The van der Waals surface area contributed by atoms with Gasteiger partial charge in [0, 0.05) is 34.0 Å². The Labute approximate surface area is 177 Å². The Balaban J connectivity index is 1.21. The zero-order chi connectivity index (χ0) is 20.2. The van der Waals surface area contributed by atoms with Crippen molar-refractivity contribution in [3.63, 3.8) is 0 Å². The van der Waals surface area contributed by atoms with Crippen molar-refractivity contribution < 1.29 is 9.59 Å². The maximum atomic E-state index is 12.9. The van der Waals surface area contributed by atoms with Crippen molar-refractivity contribution in [2.24, 2.45) is 35.5 Å². The standard InChI is InChI=1S/C26H30N2O2/c29-25(23-17-7-1-2-8-18(17)23)27-21-13-5-12-16-15(21)11-6-14-22(16)28-26(30)24-19-9-3-4-10-20(19)24/h5-6,11-14,17-20,23-24H,1-4,7-10H2,(H,27,29)(H,28,30). The van der Waals surface area contributed by atoms with Crippen LogP contribution in [0.15, 0.2) is 36.4 Å². The largest absolute Gasteiger partial charge is 0.325 e. The fourth-order valence-electron chi connectivity index (χ4n) is 6.72. The smallest absolute Gasteiger partial charge is 0.228 e. The van der Waals surface area contributed by atoms with E-state index in [0.29, 0.717) is 23.7 Å². The molecule has 0 bridgehead atoms. The highest BCUT2D eigenvalue weighted by molar-refractivity contribution is 6.10. The van der Waals surface area contributed by atoms with Gasteiger partial charge in [-0.3, -0.25) is 9.59 Å². The minimum absolute atomic E-state index is 0.177. The molecule has 2 N–H and O–H groups in total. The molecule has 2 aromatic rings.